The molecule has 0 aromatic heterocycles. The number of amides is 1. The van der Waals surface area contributed by atoms with Crippen molar-refractivity contribution in [2.24, 2.45) is 0 Å². The average molecular weight is 419 g/mol. The van der Waals surface area contributed by atoms with Gasteiger partial charge in [-0.25, -0.2) is 4.79 Å². The number of anilines is 1. The summed E-state index contributed by atoms with van der Waals surface area (Å²) in [4.78, 5) is 25.9. The summed E-state index contributed by atoms with van der Waals surface area (Å²) in [6.45, 7) is 1.97. The fourth-order valence-corrected chi connectivity index (χ4v) is 2.94. The van der Waals surface area contributed by atoms with E-state index >= 15 is 0 Å². The Hall–Kier alpha value is -2.15. The van der Waals surface area contributed by atoms with E-state index in [0.717, 1.165) is 9.13 Å². The van der Waals surface area contributed by atoms with Crippen LogP contribution in [0.5, 0.6) is 0 Å². The van der Waals surface area contributed by atoms with Gasteiger partial charge in [0.1, 0.15) is 0 Å². The number of ether oxygens (including phenoxy) is 1. The van der Waals surface area contributed by atoms with Gasteiger partial charge in [-0.3, -0.25) is 9.69 Å². The molecule has 0 radical (unpaired) electrons. The first-order valence-electron chi connectivity index (χ1n) is 7.10. The summed E-state index contributed by atoms with van der Waals surface area (Å²) in [7, 11) is 0. The maximum atomic E-state index is 12.4. The summed E-state index contributed by atoms with van der Waals surface area (Å²) in [5.74, 6) is -0.647. The predicted octanol–water partition coefficient (Wildman–Crippen LogP) is 3.69. The van der Waals surface area contributed by atoms with Crippen molar-refractivity contribution in [2.75, 3.05) is 4.90 Å². The van der Waals surface area contributed by atoms with Crippen molar-refractivity contribution in [3.8, 4) is 0 Å². The van der Waals surface area contributed by atoms with Crippen LogP contribution < -0.4 is 4.90 Å². The second-order valence-electron chi connectivity index (χ2n) is 5.18. The van der Waals surface area contributed by atoms with Crippen molar-refractivity contribution in [1.82, 2.24) is 0 Å². The van der Waals surface area contributed by atoms with E-state index in [-0.39, 0.29) is 5.91 Å². The zero-order valence-electron chi connectivity index (χ0n) is 12.4. The molecule has 0 bridgehead atoms. The van der Waals surface area contributed by atoms with Crippen LogP contribution in [-0.2, 0) is 9.53 Å². The molecule has 0 fully saturated rings. The van der Waals surface area contributed by atoms with Gasteiger partial charge in [0.2, 0.25) is 6.23 Å². The van der Waals surface area contributed by atoms with E-state index in [1.807, 2.05) is 43.3 Å². The molecule has 0 N–H and O–H groups in total. The number of rotatable bonds is 3. The molecule has 1 heterocycles. The molecule has 1 amide bonds. The number of benzene rings is 2. The Kier molecular flexibility index (Phi) is 4.47. The van der Waals surface area contributed by atoms with Crippen molar-refractivity contribution in [3.05, 3.63) is 75.4 Å². The van der Waals surface area contributed by atoms with Gasteiger partial charge in [-0.1, -0.05) is 29.8 Å². The van der Waals surface area contributed by atoms with Gasteiger partial charge < -0.3 is 4.74 Å². The third-order valence-electron chi connectivity index (χ3n) is 3.53. The molecule has 0 spiro atoms. The van der Waals surface area contributed by atoms with Crippen LogP contribution in [0.3, 0.4) is 0 Å². The quantitative estimate of drug-likeness (QED) is 0.564. The SMILES string of the molecule is Cc1ccc(N2C(=O)C=CC2OC(=O)c2ccccc2I)cc1. The van der Waals surface area contributed by atoms with E-state index in [9.17, 15) is 9.59 Å². The number of halogens is 1. The number of esters is 1. The molecule has 0 saturated carbocycles. The highest BCUT2D eigenvalue weighted by molar-refractivity contribution is 14.1. The first kappa shape index (κ1) is 15.7. The largest absolute Gasteiger partial charge is 0.434 e. The molecule has 0 saturated heterocycles. The fraction of sp³-hybridized carbons (Fsp3) is 0.111. The van der Waals surface area contributed by atoms with Crippen molar-refractivity contribution in [3.63, 3.8) is 0 Å². The monoisotopic (exact) mass is 419 g/mol. The molecule has 1 aliphatic heterocycles. The van der Waals surface area contributed by atoms with Crippen molar-refractivity contribution in [1.29, 1.82) is 0 Å². The van der Waals surface area contributed by atoms with Gasteiger partial charge in [0, 0.05) is 15.3 Å². The summed E-state index contributed by atoms with van der Waals surface area (Å²) in [5, 5.41) is 0. The Balaban J connectivity index is 1.83. The number of aryl methyl sites for hydroxylation is 1. The highest BCUT2D eigenvalue weighted by atomic mass is 127. The standard InChI is InChI=1S/C18H14INO3/c1-12-6-8-13(9-7-12)20-16(21)10-11-17(20)23-18(22)14-4-2-3-5-15(14)19/h2-11,17H,1H3. The maximum absolute atomic E-state index is 12.4. The minimum Gasteiger partial charge on any atom is -0.434 e. The van der Waals surface area contributed by atoms with Crippen LogP contribution >= 0.6 is 22.6 Å². The zero-order valence-corrected chi connectivity index (χ0v) is 14.6. The third-order valence-corrected chi connectivity index (χ3v) is 4.47. The lowest BCUT2D eigenvalue weighted by molar-refractivity contribution is -0.114. The minimum atomic E-state index is -0.728. The molecule has 5 heteroatoms. The molecule has 1 unspecified atom stereocenters. The number of hydrogen-bond donors (Lipinski definition) is 0. The minimum absolute atomic E-state index is 0.200. The Morgan fingerprint density at radius 2 is 1.83 bits per heavy atom. The fourth-order valence-electron chi connectivity index (χ4n) is 2.33. The van der Waals surface area contributed by atoms with E-state index in [4.69, 9.17) is 4.74 Å². The molecule has 2 aromatic rings. The van der Waals surface area contributed by atoms with Crippen molar-refractivity contribution in [2.45, 2.75) is 13.2 Å². The average Bonchev–Trinajstić information content (AvgIpc) is 2.89. The van der Waals surface area contributed by atoms with Gasteiger partial charge in [-0.2, -0.15) is 0 Å². The lowest BCUT2D eigenvalue weighted by Crippen LogP contribution is -2.37. The molecule has 1 aliphatic rings. The third kappa shape index (κ3) is 3.29. The smallest absolute Gasteiger partial charge is 0.341 e. The molecule has 23 heavy (non-hydrogen) atoms. The van der Waals surface area contributed by atoms with Crippen molar-refractivity contribution < 1.29 is 14.3 Å². The molecular formula is C18H14INO3. The molecule has 4 nitrogen and oxygen atoms in total. The van der Waals surface area contributed by atoms with E-state index in [0.29, 0.717) is 11.3 Å². The normalized spacial score (nSPS) is 16.7. The van der Waals surface area contributed by atoms with Gasteiger partial charge in [0.25, 0.3) is 5.91 Å². The summed E-state index contributed by atoms with van der Waals surface area (Å²) in [6, 6.07) is 14.7. The summed E-state index contributed by atoms with van der Waals surface area (Å²) in [5.41, 5.74) is 2.29. The van der Waals surface area contributed by atoms with Crippen LogP contribution in [0.1, 0.15) is 15.9 Å². The van der Waals surface area contributed by atoms with Crippen LogP contribution in [0.15, 0.2) is 60.7 Å². The second-order valence-corrected chi connectivity index (χ2v) is 6.34. The first-order chi connectivity index (χ1) is 11.1. The second kappa shape index (κ2) is 6.54. The Morgan fingerprint density at radius 3 is 2.52 bits per heavy atom. The first-order valence-corrected chi connectivity index (χ1v) is 8.18. The zero-order chi connectivity index (χ0) is 16.4. The Morgan fingerprint density at radius 1 is 1.13 bits per heavy atom. The number of carbonyl (C=O) groups is 2. The summed E-state index contributed by atoms with van der Waals surface area (Å²) in [6.07, 6.45) is 2.29. The van der Waals surface area contributed by atoms with Gasteiger partial charge in [-0.15, -0.1) is 0 Å². The predicted molar refractivity (Wildman–Crippen MR) is 96.2 cm³/mol. The van der Waals surface area contributed by atoms with E-state index < -0.39 is 12.2 Å². The van der Waals surface area contributed by atoms with E-state index in [1.54, 1.807) is 18.2 Å². The van der Waals surface area contributed by atoms with Crippen molar-refractivity contribution >= 4 is 40.2 Å². The van der Waals surface area contributed by atoms with Crippen LogP contribution in [0, 0.1) is 10.5 Å². The van der Waals surface area contributed by atoms with Gasteiger partial charge in [0.05, 0.1) is 5.56 Å². The van der Waals surface area contributed by atoms with Crippen LogP contribution in [0.4, 0.5) is 5.69 Å². The lowest BCUT2D eigenvalue weighted by atomic mass is 10.2. The molecule has 1 atom stereocenters. The lowest BCUT2D eigenvalue weighted by Gasteiger charge is -2.24. The molecule has 116 valence electrons. The van der Waals surface area contributed by atoms with Crippen LogP contribution in [0.25, 0.3) is 0 Å². The number of hydrogen-bond acceptors (Lipinski definition) is 3. The number of nitrogens with zero attached hydrogens (tertiary/aromatic N) is 1. The highest BCUT2D eigenvalue weighted by Gasteiger charge is 2.30. The molecular weight excluding hydrogens is 405 g/mol. The molecule has 0 aliphatic carbocycles. The number of carbonyl (C=O) groups excluding carboxylic acids is 2. The summed E-state index contributed by atoms with van der Waals surface area (Å²) >= 11 is 2.09. The van der Waals surface area contributed by atoms with Gasteiger partial charge >= 0.3 is 5.97 Å². The highest BCUT2D eigenvalue weighted by Crippen LogP contribution is 2.25. The van der Waals surface area contributed by atoms with Gasteiger partial charge in [0.15, 0.2) is 0 Å². The molecule has 3 rings (SSSR count). The topological polar surface area (TPSA) is 46.6 Å². The Bertz CT molecular complexity index is 783. The van der Waals surface area contributed by atoms with Crippen LogP contribution in [0.2, 0.25) is 0 Å². The summed E-state index contributed by atoms with van der Waals surface area (Å²) < 4.78 is 6.33. The molecule has 2 aromatic carbocycles. The Labute approximate surface area is 147 Å². The van der Waals surface area contributed by atoms with Gasteiger partial charge in [-0.05, 0) is 59.9 Å². The maximum Gasteiger partial charge on any atom is 0.341 e. The van der Waals surface area contributed by atoms with Crippen LogP contribution in [-0.4, -0.2) is 18.1 Å². The van der Waals surface area contributed by atoms with E-state index in [2.05, 4.69) is 22.6 Å². The van der Waals surface area contributed by atoms with E-state index in [1.165, 1.54) is 11.0 Å².